The van der Waals surface area contributed by atoms with E-state index in [-0.39, 0.29) is 0 Å². The number of hydrogen-bond acceptors (Lipinski definition) is 5. The van der Waals surface area contributed by atoms with E-state index in [4.69, 9.17) is 4.74 Å². The standard InChI is InChI=1S/C14H15F2N5O/c15-12-4-3-11(8-13(12)16)22-7-6-21-5-1-2-10(9-21)14-17-19-20-18-14/h2-4,8H,1,5-7,9H2,(H,17,18,19,20). The van der Waals surface area contributed by atoms with Crippen molar-refractivity contribution in [2.75, 3.05) is 26.2 Å². The smallest absolute Gasteiger partial charge is 0.201 e. The molecule has 1 aromatic heterocycles. The van der Waals surface area contributed by atoms with Crippen LogP contribution >= 0.6 is 0 Å². The predicted octanol–water partition coefficient (Wildman–Crippen LogP) is 1.65. The highest BCUT2D eigenvalue weighted by Gasteiger charge is 2.16. The maximum atomic E-state index is 13.1. The van der Waals surface area contributed by atoms with Crippen molar-refractivity contribution in [1.29, 1.82) is 0 Å². The third-order valence-corrected chi connectivity index (χ3v) is 3.43. The minimum atomic E-state index is -0.905. The summed E-state index contributed by atoms with van der Waals surface area (Å²) in [6.45, 7) is 2.68. The van der Waals surface area contributed by atoms with E-state index in [1.54, 1.807) is 0 Å². The van der Waals surface area contributed by atoms with Crippen molar-refractivity contribution < 1.29 is 13.5 Å². The van der Waals surface area contributed by atoms with E-state index < -0.39 is 11.6 Å². The number of tetrazole rings is 1. The van der Waals surface area contributed by atoms with Gasteiger partial charge in [0.15, 0.2) is 11.6 Å². The van der Waals surface area contributed by atoms with Gasteiger partial charge in [0, 0.05) is 31.3 Å². The van der Waals surface area contributed by atoms with Gasteiger partial charge < -0.3 is 4.74 Å². The average Bonchev–Trinajstić information content (AvgIpc) is 3.06. The number of hydrogen-bond donors (Lipinski definition) is 1. The number of benzene rings is 1. The van der Waals surface area contributed by atoms with Crippen LogP contribution in [0.3, 0.4) is 0 Å². The molecule has 0 aliphatic carbocycles. The quantitative estimate of drug-likeness (QED) is 0.909. The maximum Gasteiger partial charge on any atom is 0.201 e. The molecule has 3 rings (SSSR count). The lowest BCUT2D eigenvalue weighted by atomic mass is 10.1. The molecule has 0 amide bonds. The minimum Gasteiger partial charge on any atom is -0.492 e. The monoisotopic (exact) mass is 307 g/mol. The summed E-state index contributed by atoms with van der Waals surface area (Å²) in [6.07, 6.45) is 2.99. The Hall–Kier alpha value is -2.35. The van der Waals surface area contributed by atoms with E-state index >= 15 is 0 Å². The highest BCUT2D eigenvalue weighted by atomic mass is 19.2. The number of ether oxygens (including phenoxy) is 1. The van der Waals surface area contributed by atoms with Crippen LogP contribution in [0.15, 0.2) is 24.3 Å². The number of nitrogens with zero attached hydrogens (tertiary/aromatic N) is 4. The van der Waals surface area contributed by atoms with Crippen molar-refractivity contribution >= 4 is 5.57 Å². The predicted molar refractivity (Wildman–Crippen MR) is 75.1 cm³/mol. The van der Waals surface area contributed by atoms with Gasteiger partial charge in [-0.2, -0.15) is 5.21 Å². The molecule has 0 fully saturated rings. The van der Waals surface area contributed by atoms with Crippen LogP contribution in [-0.2, 0) is 0 Å². The van der Waals surface area contributed by atoms with Crippen molar-refractivity contribution in [2.24, 2.45) is 0 Å². The highest BCUT2D eigenvalue weighted by Crippen LogP contribution is 2.18. The summed E-state index contributed by atoms with van der Waals surface area (Å²) in [6, 6.07) is 3.53. The van der Waals surface area contributed by atoms with Crippen LogP contribution in [0.4, 0.5) is 8.78 Å². The molecule has 1 aliphatic rings. The molecule has 1 aliphatic heterocycles. The number of halogens is 2. The van der Waals surface area contributed by atoms with E-state index in [1.807, 2.05) is 0 Å². The summed E-state index contributed by atoms with van der Waals surface area (Å²) in [7, 11) is 0. The second kappa shape index (κ2) is 6.61. The van der Waals surface area contributed by atoms with Crippen molar-refractivity contribution in [1.82, 2.24) is 25.5 Å². The van der Waals surface area contributed by atoms with Crippen LogP contribution in [0.5, 0.6) is 5.75 Å². The summed E-state index contributed by atoms with van der Waals surface area (Å²) < 4.78 is 31.4. The Bertz CT molecular complexity index is 659. The van der Waals surface area contributed by atoms with Crippen LogP contribution < -0.4 is 4.74 Å². The molecule has 0 unspecified atom stereocenters. The number of nitrogens with one attached hydrogen (secondary N) is 1. The first kappa shape index (κ1) is 14.6. The van der Waals surface area contributed by atoms with Gasteiger partial charge in [-0.15, -0.1) is 10.2 Å². The number of aromatic amines is 1. The van der Waals surface area contributed by atoms with Crippen molar-refractivity contribution in [2.45, 2.75) is 6.42 Å². The lowest BCUT2D eigenvalue weighted by Gasteiger charge is -2.25. The number of rotatable bonds is 5. The van der Waals surface area contributed by atoms with Crippen molar-refractivity contribution in [3.8, 4) is 5.75 Å². The van der Waals surface area contributed by atoms with Gasteiger partial charge in [0.1, 0.15) is 12.4 Å². The molecular weight excluding hydrogens is 292 g/mol. The fourth-order valence-corrected chi connectivity index (χ4v) is 2.32. The Morgan fingerprint density at radius 3 is 2.95 bits per heavy atom. The summed E-state index contributed by atoms with van der Waals surface area (Å²) >= 11 is 0. The summed E-state index contributed by atoms with van der Waals surface area (Å²) in [4.78, 5) is 2.19. The molecule has 0 bridgehead atoms. The van der Waals surface area contributed by atoms with Gasteiger partial charge in [-0.1, -0.05) is 6.08 Å². The molecule has 6 nitrogen and oxygen atoms in total. The molecule has 1 aromatic carbocycles. The van der Waals surface area contributed by atoms with E-state index in [1.165, 1.54) is 6.07 Å². The van der Waals surface area contributed by atoms with Gasteiger partial charge in [-0.3, -0.25) is 4.90 Å². The Labute approximate surface area is 125 Å². The Balaban J connectivity index is 1.50. The third kappa shape index (κ3) is 3.45. The normalized spacial score (nSPS) is 15.6. The zero-order valence-corrected chi connectivity index (χ0v) is 11.8. The van der Waals surface area contributed by atoms with Crippen LogP contribution in [0.1, 0.15) is 12.2 Å². The zero-order chi connectivity index (χ0) is 15.4. The van der Waals surface area contributed by atoms with Gasteiger partial charge in [0.25, 0.3) is 0 Å². The van der Waals surface area contributed by atoms with Gasteiger partial charge in [-0.25, -0.2) is 8.78 Å². The third-order valence-electron chi connectivity index (χ3n) is 3.43. The van der Waals surface area contributed by atoms with E-state index in [2.05, 4.69) is 31.6 Å². The maximum absolute atomic E-state index is 13.1. The van der Waals surface area contributed by atoms with Gasteiger partial charge in [0.05, 0.1) is 0 Å². The molecule has 0 spiro atoms. The molecule has 116 valence electrons. The molecule has 8 heteroatoms. The summed E-state index contributed by atoms with van der Waals surface area (Å²) in [5.74, 6) is -0.855. The molecule has 2 aromatic rings. The second-order valence-corrected chi connectivity index (χ2v) is 4.95. The molecule has 0 radical (unpaired) electrons. The first-order chi connectivity index (χ1) is 10.7. The Morgan fingerprint density at radius 2 is 2.18 bits per heavy atom. The first-order valence-electron chi connectivity index (χ1n) is 6.95. The van der Waals surface area contributed by atoms with E-state index in [0.29, 0.717) is 31.3 Å². The minimum absolute atomic E-state index is 0.324. The van der Waals surface area contributed by atoms with Gasteiger partial charge in [0.2, 0.25) is 5.82 Å². The fraction of sp³-hybridized carbons (Fsp3) is 0.357. The van der Waals surface area contributed by atoms with E-state index in [0.717, 1.165) is 30.7 Å². The Kier molecular flexibility index (Phi) is 4.38. The first-order valence-corrected chi connectivity index (χ1v) is 6.95. The zero-order valence-electron chi connectivity index (χ0n) is 11.8. The highest BCUT2D eigenvalue weighted by molar-refractivity contribution is 5.61. The van der Waals surface area contributed by atoms with Crippen molar-refractivity contribution in [3.05, 3.63) is 41.7 Å². The molecule has 0 saturated heterocycles. The van der Waals surface area contributed by atoms with Crippen LogP contribution in [-0.4, -0.2) is 51.8 Å². The summed E-state index contributed by atoms with van der Waals surface area (Å²) in [5.41, 5.74) is 1.02. The van der Waals surface area contributed by atoms with Crippen LogP contribution in [0.25, 0.3) is 5.57 Å². The topological polar surface area (TPSA) is 66.9 Å². The van der Waals surface area contributed by atoms with Crippen LogP contribution in [0.2, 0.25) is 0 Å². The number of H-pyrrole nitrogens is 1. The van der Waals surface area contributed by atoms with Crippen LogP contribution in [0, 0.1) is 11.6 Å². The van der Waals surface area contributed by atoms with E-state index in [9.17, 15) is 8.78 Å². The molecule has 0 saturated carbocycles. The molecular formula is C14H15F2N5O. The summed E-state index contributed by atoms with van der Waals surface area (Å²) in [5, 5.41) is 13.9. The number of aromatic nitrogens is 4. The lowest BCUT2D eigenvalue weighted by Crippen LogP contribution is -2.33. The molecule has 22 heavy (non-hydrogen) atoms. The van der Waals surface area contributed by atoms with Gasteiger partial charge in [-0.05, 0) is 23.8 Å². The molecule has 1 N–H and O–H groups in total. The lowest BCUT2D eigenvalue weighted by molar-refractivity contribution is 0.222. The van der Waals surface area contributed by atoms with Crippen molar-refractivity contribution in [3.63, 3.8) is 0 Å². The van der Waals surface area contributed by atoms with Gasteiger partial charge >= 0.3 is 0 Å². The SMILES string of the molecule is Fc1ccc(OCCN2CCC=C(c3nn[nH]n3)C2)cc1F. The fourth-order valence-electron chi connectivity index (χ4n) is 2.32. The average molecular weight is 307 g/mol. The molecule has 0 atom stereocenters. The largest absolute Gasteiger partial charge is 0.492 e. The molecule has 2 heterocycles. The second-order valence-electron chi connectivity index (χ2n) is 4.95. The Morgan fingerprint density at radius 1 is 1.27 bits per heavy atom.